The smallest absolute Gasteiger partial charge is 0.311 e. The largest absolute Gasteiger partial charge is 0.481 e. The van der Waals surface area contributed by atoms with Crippen molar-refractivity contribution in [1.29, 1.82) is 0 Å². The van der Waals surface area contributed by atoms with Crippen LogP contribution in [-0.2, 0) is 11.8 Å². The number of carboxylic acid groups (broad SMARTS) is 1. The molecule has 1 unspecified atom stereocenters. The number of amides is 1. The fraction of sp³-hybridized carbons (Fsp3) is 0.471. The van der Waals surface area contributed by atoms with Crippen molar-refractivity contribution in [2.45, 2.75) is 27.2 Å². The third kappa shape index (κ3) is 2.40. The molecule has 1 aliphatic rings. The summed E-state index contributed by atoms with van der Waals surface area (Å²) in [6.07, 6.45) is 2.03. The summed E-state index contributed by atoms with van der Waals surface area (Å²) >= 11 is 0. The number of carbonyl (C=O) groups excluding carboxylic acids is 1. The van der Waals surface area contributed by atoms with E-state index in [9.17, 15) is 14.7 Å². The van der Waals surface area contributed by atoms with E-state index in [0.717, 1.165) is 11.4 Å². The van der Waals surface area contributed by atoms with Gasteiger partial charge in [-0.2, -0.15) is 5.10 Å². The van der Waals surface area contributed by atoms with Crippen molar-refractivity contribution in [3.05, 3.63) is 35.3 Å². The van der Waals surface area contributed by atoms with Gasteiger partial charge < -0.3 is 14.6 Å². The standard InChI is InChI=1S/C17H22N4O3/c1-11-5-6-12(2)21(11)14-13(9-18-19(14)4)15(22)20-8-7-17(3,10-20)16(23)24/h5-6,9H,7-8,10H2,1-4H3,(H,23,24). The van der Waals surface area contributed by atoms with Crippen molar-refractivity contribution in [2.75, 3.05) is 13.1 Å². The van der Waals surface area contributed by atoms with Gasteiger partial charge in [-0.15, -0.1) is 0 Å². The topological polar surface area (TPSA) is 80.4 Å². The molecule has 0 aliphatic carbocycles. The maximum Gasteiger partial charge on any atom is 0.311 e. The molecule has 1 fully saturated rings. The monoisotopic (exact) mass is 330 g/mol. The molecule has 1 atom stereocenters. The summed E-state index contributed by atoms with van der Waals surface area (Å²) < 4.78 is 3.67. The molecule has 1 saturated heterocycles. The summed E-state index contributed by atoms with van der Waals surface area (Å²) in [5, 5.41) is 13.6. The zero-order valence-electron chi connectivity index (χ0n) is 14.4. The van der Waals surface area contributed by atoms with E-state index >= 15 is 0 Å². The van der Waals surface area contributed by atoms with Crippen molar-refractivity contribution >= 4 is 11.9 Å². The Hall–Kier alpha value is -2.57. The second-order valence-electron chi connectivity index (χ2n) is 6.80. The van der Waals surface area contributed by atoms with Crippen LogP contribution in [0.4, 0.5) is 0 Å². The number of carbonyl (C=O) groups is 2. The van der Waals surface area contributed by atoms with Crippen LogP contribution in [0.5, 0.6) is 0 Å². The second kappa shape index (κ2) is 5.51. The lowest BCUT2D eigenvalue weighted by molar-refractivity contribution is -0.147. The third-order valence-corrected chi connectivity index (χ3v) is 4.90. The Kier molecular flexibility index (Phi) is 3.74. The highest BCUT2D eigenvalue weighted by atomic mass is 16.4. The second-order valence-corrected chi connectivity index (χ2v) is 6.80. The molecule has 7 nitrogen and oxygen atoms in total. The van der Waals surface area contributed by atoms with Crippen molar-refractivity contribution < 1.29 is 14.7 Å². The summed E-state index contributed by atoms with van der Waals surface area (Å²) in [4.78, 5) is 26.0. The van der Waals surface area contributed by atoms with Crippen LogP contribution in [-0.4, -0.2) is 49.3 Å². The molecular weight excluding hydrogens is 308 g/mol. The number of likely N-dealkylation sites (tertiary alicyclic amines) is 1. The van der Waals surface area contributed by atoms with E-state index in [1.807, 2.05) is 30.5 Å². The molecule has 3 rings (SSSR count). The van der Waals surface area contributed by atoms with E-state index in [2.05, 4.69) is 5.10 Å². The van der Waals surface area contributed by atoms with E-state index in [4.69, 9.17) is 0 Å². The van der Waals surface area contributed by atoms with Crippen LogP contribution in [0, 0.1) is 19.3 Å². The van der Waals surface area contributed by atoms with Gasteiger partial charge in [0.15, 0.2) is 0 Å². The van der Waals surface area contributed by atoms with Crippen LogP contribution in [0.3, 0.4) is 0 Å². The molecule has 7 heteroatoms. The molecule has 2 aromatic rings. The van der Waals surface area contributed by atoms with Gasteiger partial charge in [-0.05, 0) is 39.3 Å². The van der Waals surface area contributed by atoms with E-state index in [0.29, 0.717) is 24.3 Å². The maximum absolute atomic E-state index is 13.0. The first-order valence-corrected chi connectivity index (χ1v) is 7.94. The molecule has 0 spiro atoms. The van der Waals surface area contributed by atoms with Crippen LogP contribution in [0.25, 0.3) is 5.82 Å². The molecule has 1 amide bonds. The number of aryl methyl sites for hydroxylation is 3. The normalized spacial score (nSPS) is 20.6. The zero-order valence-corrected chi connectivity index (χ0v) is 14.4. The fourth-order valence-corrected chi connectivity index (χ4v) is 3.33. The van der Waals surface area contributed by atoms with Crippen LogP contribution in [0.2, 0.25) is 0 Å². The van der Waals surface area contributed by atoms with Crippen LogP contribution in [0.1, 0.15) is 35.1 Å². The molecule has 3 heterocycles. The summed E-state index contributed by atoms with van der Waals surface area (Å²) in [7, 11) is 1.80. The van der Waals surface area contributed by atoms with Gasteiger partial charge >= 0.3 is 5.97 Å². The van der Waals surface area contributed by atoms with Gasteiger partial charge in [0.2, 0.25) is 0 Å². The van der Waals surface area contributed by atoms with E-state index in [-0.39, 0.29) is 12.5 Å². The van der Waals surface area contributed by atoms with Gasteiger partial charge in [-0.3, -0.25) is 14.3 Å². The number of aromatic nitrogens is 3. The van der Waals surface area contributed by atoms with Gasteiger partial charge in [0.05, 0.1) is 11.6 Å². The first kappa shape index (κ1) is 16.3. The lowest BCUT2D eigenvalue weighted by Gasteiger charge is -2.21. The lowest BCUT2D eigenvalue weighted by Crippen LogP contribution is -2.35. The van der Waals surface area contributed by atoms with Gasteiger partial charge in [-0.25, -0.2) is 0 Å². The number of rotatable bonds is 3. The molecule has 0 aromatic carbocycles. The predicted octanol–water partition coefficient (Wildman–Crippen LogP) is 1.76. The number of nitrogens with zero attached hydrogens (tertiary/aromatic N) is 4. The van der Waals surface area contributed by atoms with Crippen LogP contribution < -0.4 is 0 Å². The molecule has 128 valence electrons. The van der Waals surface area contributed by atoms with Crippen molar-refractivity contribution in [3.8, 4) is 5.82 Å². The predicted molar refractivity (Wildman–Crippen MR) is 88.3 cm³/mol. The van der Waals surface area contributed by atoms with Crippen molar-refractivity contribution in [2.24, 2.45) is 12.5 Å². The fourth-order valence-electron chi connectivity index (χ4n) is 3.33. The van der Waals surface area contributed by atoms with E-state index in [1.54, 1.807) is 29.7 Å². The first-order valence-electron chi connectivity index (χ1n) is 7.94. The molecule has 1 N–H and O–H groups in total. The Labute approximate surface area is 140 Å². The van der Waals surface area contributed by atoms with Crippen LogP contribution >= 0.6 is 0 Å². The maximum atomic E-state index is 13.0. The SMILES string of the molecule is Cc1ccc(C)n1-c1c(C(=O)N2CCC(C)(C(=O)O)C2)cnn1C. The van der Waals surface area contributed by atoms with Crippen molar-refractivity contribution in [1.82, 2.24) is 19.2 Å². The first-order chi connectivity index (χ1) is 11.2. The van der Waals surface area contributed by atoms with E-state index < -0.39 is 11.4 Å². The molecular formula is C17H22N4O3. The highest BCUT2D eigenvalue weighted by Gasteiger charge is 2.43. The summed E-state index contributed by atoms with van der Waals surface area (Å²) in [5.74, 6) is -0.319. The van der Waals surface area contributed by atoms with Gasteiger partial charge in [0, 0.05) is 31.5 Å². The zero-order chi connectivity index (χ0) is 17.6. The van der Waals surface area contributed by atoms with Gasteiger partial charge in [0.1, 0.15) is 11.4 Å². The Bertz CT molecular complexity index is 800. The summed E-state index contributed by atoms with van der Waals surface area (Å²) in [6.45, 7) is 6.31. The Morgan fingerprint density at radius 1 is 1.25 bits per heavy atom. The Morgan fingerprint density at radius 2 is 1.88 bits per heavy atom. The number of carboxylic acids is 1. The number of hydrogen-bond donors (Lipinski definition) is 1. The van der Waals surface area contributed by atoms with Gasteiger partial charge in [-0.1, -0.05) is 0 Å². The van der Waals surface area contributed by atoms with Crippen molar-refractivity contribution in [3.63, 3.8) is 0 Å². The molecule has 0 bridgehead atoms. The minimum atomic E-state index is -0.878. The molecule has 2 aromatic heterocycles. The highest BCUT2D eigenvalue weighted by molar-refractivity contribution is 5.97. The Balaban J connectivity index is 1.98. The molecule has 0 radical (unpaired) electrons. The molecule has 0 saturated carbocycles. The van der Waals surface area contributed by atoms with Crippen LogP contribution in [0.15, 0.2) is 18.3 Å². The third-order valence-electron chi connectivity index (χ3n) is 4.90. The summed E-state index contributed by atoms with van der Waals surface area (Å²) in [6, 6.07) is 3.99. The lowest BCUT2D eigenvalue weighted by atomic mass is 9.90. The number of hydrogen-bond acceptors (Lipinski definition) is 3. The number of aliphatic carboxylic acids is 1. The average Bonchev–Trinajstić information content (AvgIpc) is 3.18. The quantitative estimate of drug-likeness (QED) is 0.930. The van der Waals surface area contributed by atoms with Gasteiger partial charge in [0.25, 0.3) is 5.91 Å². The van der Waals surface area contributed by atoms with E-state index in [1.165, 1.54) is 0 Å². The highest BCUT2D eigenvalue weighted by Crippen LogP contribution is 2.32. The summed E-state index contributed by atoms with van der Waals surface area (Å²) in [5.41, 5.74) is 1.65. The Morgan fingerprint density at radius 3 is 2.42 bits per heavy atom. The molecule has 1 aliphatic heterocycles. The molecule has 24 heavy (non-hydrogen) atoms. The minimum Gasteiger partial charge on any atom is -0.481 e. The average molecular weight is 330 g/mol. The minimum absolute atomic E-state index is 0.171.